The van der Waals surface area contributed by atoms with Crippen molar-refractivity contribution in [1.29, 1.82) is 0 Å². The summed E-state index contributed by atoms with van der Waals surface area (Å²) in [5, 5.41) is 0. The Labute approximate surface area is 110 Å². The first-order valence-corrected chi connectivity index (χ1v) is 7.08. The summed E-state index contributed by atoms with van der Waals surface area (Å²) in [4.78, 5) is 24.6. The zero-order chi connectivity index (χ0) is 13.2. The summed E-state index contributed by atoms with van der Waals surface area (Å²) < 4.78 is 4.58. The van der Waals surface area contributed by atoms with Gasteiger partial charge in [0.1, 0.15) is 0 Å². The molecule has 0 atom stereocenters. The average molecular weight is 255 g/mol. The minimum Gasteiger partial charge on any atom is -0.469 e. The van der Waals surface area contributed by atoms with E-state index in [0.717, 1.165) is 45.2 Å². The molecule has 0 spiro atoms. The van der Waals surface area contributed by atoms with Gasteiger partial charge in [0.25, 0.3) is 0 Å². The molecule has 1 aliphatic rings. The molecule has 18 heavy (non-hydrogen) atoms. The first kappa shape index (κ1) is 15.0. The van der Waals surface area contributed by atoms with Gasteiger partial charge in [-0.05, 0) is 25.7 Å². The van der Waals surface area contributed by atoms with E-state index in [1.807, 2.05) is 4.90 Å². The Morgan fingerprint density at radius 2 is 1.50 bits per heavy atom. The van der Waals surface area contributed by atoms with E-state index in [-0.39, 0.29) is 5.97 Å². The number of likely N-dealkylation sites (tertiary alicyclic amines) is 1. The molecule has 1 fully saturated rings. The summed E-state index contributed by atoms with van der Waals surface area (Å²) in [6.07, 6.45) is 8.65. The fourth-order valence-electron chi connectivity index (χ4n) is 2.30. The third-order valence-electron chi connectivity index (χ3n) is 3.46. The molecule has 4 nitrogen and oxygen atoms in total. The average Bonchev–Trinajstić information content (AvgIpc) is 2.91. The highest BCUT2D eigenvalue weighted by Crippen LogP contribution is 2.12. The minimum atomic E-state index is -0.126. The van der Waals surface area contributed by atoms with Crippen LogP contribution in [0.4, 0.5) is 0 Å². The van der Waals surface area contributed by atoms with Gasteiger partial charge in [0.05, 0.1) is 7.11 Å². The van der Waals surface area contributed by atoms with E-state index in [2.05, 4.69) is 4.74 Å². The fraction of sp³-hybridized carbons (Fsp3) is 0.857. The molecule has 1 amide bonds. The molecule has 0 saturated carbocycles. The highest BCUT2D eigenvalue weighted by atomic mass is 16.5. The van der Waals surface area contributed by atoms with Crippen LogP contribution in [0.1, 0.15) is 57.8 Å². The van der Waals surface area contributed by atoms with E-state index < -0.39 is 0 Å². The minimum absolute atomic E-state index is 0.126. The normalized spacial score (nSPS) is 14.8. The predicted molar refractivity (Wildman–Crippen MR) is 70.1 cm³/mol. The zero-order valence-electron chi connectivity index (χ0n) is 11.5. The second kappa shape index (κ2) is 8.95. The second-order valence-electron chi connectivity index (χ2n) is 4.93. The Morgan fingerprint density at radius 1 is 0.944 bits per heavy atom. The van der Waals surface area contributed by atoms with E-state index in [0.29, 0.717) is 18.7 Å². The lowest BCUT2D eigenvalue weighted by atomic mass is 10.1. The van der Waals surface area contributed by atoms with Gasteiger partial charge in [-0.1, -0.05) is 19.3 Å². The van der Waals surface area contributed by atoms with Gasteiger partial charge in [0.15, 0.2) is 0 Å². The van der Waals surface area contributed by atoms with E-state index in [1.165, 1.54) is 20.0 Å². The number of nitrogens with zero attached hydrogens (tertiary/aromatic N) is 1. The summed E-state index contributed by atoms with van der Waals surface area (Å²) >= 11 is 0. The van der Waals surface area contributed by atoms with Crippen molar-refractivity contribution in [1.82, 2.24) is 4.90 Å². The maximum absolute atomic E-state index is 11.7. The van der Waals surface area contributed by atoms with Gasteiger partial charge in [-0.3, -0.25) is 9.59 Å². The van der Waals surface area contributed by atoms with Crippen LogP contribution in [0.2, 0.25) is 0 Å². The van der Waals surface area contributed by atoms with Gasteiger partial charge >= 0.3 is 5.97 Å². The number of methoxy groups -OCH3 is 1. The van der Waals surface area contributed by atoms with Crippen LogP contribution in [0.25, 0.3) is 0 Å². The van der Waals surface area contributed by atoms with Crippen LogP contribution >= 0.6 is 0 Å². The number of rotatable bonds is 8. The third-order valence-corrected chi connectivity index (χ3v) is 3.46. The number of carbonyl (C=O) groups is 2. The first-order chi connectivity index (χ1) is 8.74. The molecule has 4 heteroatoms. The van der Waals surface area contributed by atoms with Crippen molar-refractivity contribution in [3.8, 4) is 0 Å². The van der Waals surface area contributed by atoms with Gasteiger partial charge in [-0.15, -0.1) is 0 Å². The smallest absolute Gasteiger partial charge is 0.305 e. The molecule has 1 aliphatic heterocycles. The number of ether oxygens (including phenoxy) is 1. The van der Waals surface area contributed by atoms with Crippen molar-refractivity contribution in [2.45, 2.75) is 57.8 Å². The SMILES string of the molecule is COC(=O)CCCCCCCC(=O)N1CCCC1. The topological polar surface area (TPSA) is 46.6 Å². The summed E-state index contributed by atoms with van der Waals surface area (Å²) in [5.74, 6) is 0.196. The summed E-state index contributed by atoms with van der Waals surface area (Å²) in [6, 6.07) is 0. The molecule has 0 aromatic rings. The second-order valence-corrected chi connectivity index (χ2v) is 4.93. The Balaban J connectivity index is 1.89. The van der Waals surface area contributed by atoms with Gasteiger partial charge in [0, 0.05) is 25.9 Å². The summed E-state index contributed by atoms with van der Waals surface area (Å²) in [7, 11) is 1.42. The number of esters is 1. The Kier molecular flexibility index (Phi) is 7.46. The lowest BCUT2D eigenvalue weighted by Crippen LogP contribution is -2.27. The Morgan fingerprint density at radius 3 is 2.11 bits per heavy atom. The van der Waals surface area contributed by atoms with Crippen molar-refractivity contribution >= 4 is 11.9 Å². The van der Waals surface area contributed by atoms with E-state index in [9.17, 15) is 9.59 Å². The van der Waals surface area contributed by atoms with Crippen LogP contribution in [0.15, 0.2) is 0 Å². The lowest BCUT2D eigenvalue weighted by Gasteiger charge is -2.14. The van der Waals surface area contributed by atoms with Crippen LogP contribution in [0.5, 0.6) is 0 Å². The molecular weight excluding hydrogens is 230 g/mol. The van der Waals surface area contributed by atoms with Gasteiger partial charge < -0.3 is 9.64 Å². The Hall–Kier alpha value is -1.06. The van der Waals surface area contributed by atoms with Crippen molar-refractivity contribution in [2.75, 3.05) is 20.2 Å². The molecule has 1 saturated heterocycles. The molecule has 0 N–H and O–H groups in total. The molecule has 0 bridgehead atoms. The van der Waals surface area contributed by atoms with E-state index in [4.69, 9.17) is 0 Å². The molecule has 0 radical (unpaired) electrons. The van der Waals surface area contributed by atoms with Crippen LogP contribution in [-0.4, -0.2) is 37.0 Å². The van der Waals surface area contributed by atoms with Crippen molar-refractivity contribution < 1.29 is 14.3 Å². The van der Waals surface area contributed by atoms with Crippen LogP contribution in [-0.2, 0) is 14.3 Å². The van der Waals surface area contributed by atoms with Crippen molar-refractivity contribution in [2.24, 2.45) is 0 Å². The number of carbonyl (C=O) groups excluding carboxylic acids is 2. The quantitative estimate of drug-likeness (QED) is 0.494. The van der Waals surface area contributed by atoms with Crippen molar-refractivity contribution in [3.05, 3.63) is 0 Å². The van der Waals surface area contributed by atoms with Gasteiger partial charge in [-0.25, -0.2) is 0 Å². The molecule has 1 heterocycles. The summed E-state index contributed by atoms with van der Waals surface area (Å²) in [5.41, 5.74) is 0. The molecule has 0 aromatic heterocycles. The number of amides is 1. The molecular formula is C14H25NO3. The molecule has 0 aromatic carbocycles. The largest absolute Gasteiger partial charge is 0.469 e. The number of hydrogen-bond acceptors (Lipinski definition) is 3. The predicted octanol–water partition coefficient (Wildman–Crippen LogP) is 2.51. The molecule has 0 unspecified atom stereocenters. The fourth-order valence-corrected chi connectivity index (χ4v) is 2.30. The van der Waals surface area contributed by atoms with Gasteiger partial charge in [0.2, 0.25) is 5.91 Å². The highest BCUT2D eigenvalue weighted by molar-refractivity contribution is 5.76. The van der Waals surface area contributed by atoms with Crippen molar-refractivity contribution in [3.63, 3.8) is 0 Å². The van der Waals surface area contributed by atoms with Crippen LogP contribution < -0.4 is 0 Å². The van der Waals surface area contributed by atoms with E-state index in [1.54, 1.807) is 0 Å². The third kappa shape index (κ3) is 6.03. The highest BCUT2D eigenvalue weighted by Gasteiger charge is 2.16. The van der Waals surface area contributed by atoms with E-state index >= 15 is 0 Å². The maximum Gasteiger partial charge on any atom is 0.305 e. The molecule has 0 aliphatic carbocycles. The number of unbranched alkanes of at least 4 members (excludes halogenated alkanes) is 4. The molecule has 104 valence electrons. The van der Waals surface area contributed by atoms with Crippen LogP contribution in [0.3, 0.4) is 0 Å². The van der Waals surface area contributed by atoms with Gasteiger partial charge in [-0.2, -0.15) is 0 Å². The summed E-state index contributed by atoms with van der Waals surface area (Å²) in [6.45, 7) is 1.91. The lowest BCUT2D eigenvalue weighted by molar-refractivity contribution is -0.140. The number of hydrogen-bond donors (Lipinski definition) is 0. The standard InChI is InChI=1S/C14H25NO3/c1-18-14(17)10-6-4-2-3-5-9-13(16)15-11-7-8-12-15/h2-12H2,1H3. The maximum atomic E-state index is 11.7. The first-order valence-electron chi connectivity index (χ1n) is 7.08. The monoisotopic (exact) mass is 255 g/mol. The van der Waals surface area contributed by atoms with Crippen LogP contribution in [0, 0.1) is 0 Å². The Bertz CT molecular complexity index is 260. The molecule has 1 rings (SSSR count). The zero-order valence-corrected chi connectivity index (χ0v) is 11.5.